The second-order valence-electron chi connectivity index (χ2n) is 10.1. The maximum absolute atomic E-state index is 15.8. The van der Waals surface area contributed by atoms with Crippen LogP contribution in [0.25, 0.3) is 11.2 Å². The Balaban J connectivity index is 1.19. The first-order valence-corrected chi connectivity index (χ1v) is 18.2. The summed E-state index contributed by atoms with van der Waals surface area (Å²) in [7, 11) is 0. The van der Waals surface area contributed by atoms with E-state index in [4.69, 9.17) is 50.8 Å². The van der Waals surface area contributed by atoms with Gasteiger partial charge in [0.15, 0.2) is 30.1 Å². The van der Waals surface area contributed by atoms with Crippen molar-refractivity contribution in [2.24, 2.45) is 10.7 Å². The Labute approximate surface area is 257 Å². The Kier molecular flexibility index (Phi) is 7.80. The maximum Gasteiger partial charge on any atom is 0.386 e. The third kappa shape index (κ3) is 5.36. The van der Waals surface area contributed by atoms with Crippen LogP contribution in [0.4, 0.5) is 16.0 Å². The topological polar surface area (TPSA) is 251 Å². The van der Waals surface area contributed by atoms with Crippen molar-refractivity contribution in [3.8, 4) is 0 Å². The van der Waals surface area contributed by atoms with E-state index in [2.05, 4.69) is 42.5 Å². The third-order valence-electron chi connectivity index (χ3n) is 7.36. The Bertz CT molecular complexity index is 1720. The first kappa shape index (κ1) is 30.5. The SMILES string of the molecule is Nc1ncnc2c1ncn2[C@@H]1O[C@@H]2COP(O)(=S)O[C@@H]3[C@@H](F)[C@@H](COP(=O)(S)O[C@H]2[C@H]1O)O[C@H]3n1cnc2c1NC=NC2N. The number of aliphatic imine (C=N–C) groups is 1. The lowest BCUT2D eigenvalue weighted by atomic mass is 10.1. The largest absolute Gasteiger partial charge is 0.386 e. The summed E-state index contributed by atoms with van der Waals surface area (Å²) in [6.45, 7) is -9.73. The van der Waals surface area contributed by atoms with Crippen molar-refractivity contribution < 1.29 is 46.5 Å². The molecule has 0 spiro atoms. The molecule has 4 aliphatic heterocycles. The summed E-state index contributed by atoms with van der Waals surface area (Å²) in [5.41, 5.74) is 12.7. The zero-order chi connectivity index (χ0) is 31.0. The fourth-order valence-corrected chi connectivity index (χ4v) is 8.22. The lowest BCUT2D eigenvalue weighted by molar-refractivity contribution is -0.0597. The Morgan fingerprint density at radius 1 is 1.07 bits per heavy atom. The number of rotatable bonds is 2. The highest BCUT2D eigenvalue weighted by Gasteiger charge is 2.53. The molecule has 0 amide bonds. The molecule has 24 heteroatoms. The normalized spacial score (nSPS) is 40.9. The van der Waals surface area contributed by atoms with E-state index in [1.165, 1.54) is 34.5 Å². The number of aromatic nitrogens is 6. The standard InChI is InChI=1S/C20H25FN10O9P2S2/c21-9-7-1-35-41(33,43)39-13-8(38-19(12(13)32)30-5-28-10-15(22)24-3-26-17(10)30)2-36-42(34,44)40-14(9)20(37-7)31-6-29-11-16(23)25-4-27-18(11)31/h3-9,12-14,16,19-20,32H,1-2,23H2,(H,25,27)(H,33,43)(H,34,44)(H2,22,24,26)/t7-,8-,9+,12-,13-,14-,16?,19-,20-,41?,42?/m1/s1. The van der Waals surface area contributed by atoms with Gasteiger partial charge in [-0.15, -0.1) is 0 Å². The summed E-state index contributed by atoms with van der Waals surface area (Å²) in [4.78, 5) is 31.5. The highest BCUT2D eigenvalue weighted by atomic mass is 32.7. The minimum absolute atomic E-state index is 0.0963. The van der Waals surface area contributed by atoms with Crippen LogP contribution in [0.15, 0.2) is 24.0 Å². The van der Waals surface area contributed by atoms with Gasteiger partial charge in [-0.3, -0.25) is 27.7 Å². The van der Waals surface area contributed by atoms with Gasteiger partial charge in [-0.2, -0.15) is 0 Å². The van der Waals surface area contributed by atoms with Crippen LogP contribution in [0.5, 0.6) is 0 Å². The van der Waals surface area contributed by atoms with Crippen LogP contribution in [0.2, 0.25) is 0 Å². The average Bonchev–Trinajstić information content (AvgIpc) is 3.73. The van der Waals surface area contributed by atoms with Crippen LogP contribution >= 0.6 is 25.8 Å². The molecule has 7 N–H and O–H groups in total. The number of halogens is 1. The number of hydrogen-bond acceptors (Lipinski definition) is 17. The Morgan fingerprint density at radius 3 is 2.64 bits per heavy atom. The molecule has 19 nitrogen and oxygen atoms in total. The number of fused-ring (bicyclic) bond motifs is 5. The van der Waals surface area contributed by atoms with Crippen molar-refractivity contribution in [2.75, 3.05) is 24.3 Å². The van der Waals surface area contributed by atoms with Crippen LogP contribution in [-0.2, 0) is 43.9 Å². The van der Waals surface area contributed by atoms with Gasteiger partial charge in [0.1, 0.15) is 60.0 Å². The molecule has 3 aromatic heterocycles. The van der Waals surface area contributed by atoms with Crippen molar-refractivity contribution in [3.05, 3.63) is 24.7 Å². The van der Waals surface area contributed by atoms with E-state index in [1.54, 1.807) is 0 Å². The molecule has 44 heavy (non-hydrogen) atoms. The predicted molar refractivity (Wildman–Crippen MR) is 154 cm³/mol. The zero-order valence-corrected chi connectivity index (χ0v) is 25.6. The van der Waals surface area contributed by atoms with Crippen molar-refractivity contribution in [1.82, 2.24) is 29.1 Å². The van der Waals surface area contributed by atoms with Crippen LogP contribution < -0.4 is 16.8 Å². The number of anilines is 2. The third-order valence-corrected chi connectivity index (χ3v) is 10.5. The molecule has 11 atom stereocenters. The molecule has 0 saturated carbocycles. The number of alkyl halides is 1. The minimum atomic E-state index is -4.32. The first-order valence-electron chi connectivity index (χ1n) is 12.9. The van der Waals surface area contributed by atoms with Crippen molar-refractivity contribution >= 4 is 66.7 Å². The molecule has 3 fully saturated rings. The summed E-state index contributed by atoms with van der Waals surface area (Å²) in [6.07, 6.45) is -7.10. The molecule has 0 aliphatic carbocycles. The van der Waals surface area contributed by atoms with Gasteiger partial charge in [0, 0.05) is 0 Å². The van der Waals surface area contributed by atoms with Gasteiger partial charge in [0.25, 0.3) is 0 Å². The quantitative estimate of drug-likeness (QED) is 0.156. The number of nitrogens with one attached hydrogen (secondary N) is 1. The zero-order valence-electron chi connectivity index (χ0n) is 22.1. The van der Waals surface area contributed by atoms with E-state index >= 15 is 4.39 Å². The highest BCUT2D eigenvalue weighted by Crippen LogP contribution is 2.58. The van der Waals surface area contributed by atoms with Gasteiger partial charge in [0.05, 0.1) is 32.2 Å². The number of thiol groups is 1. The summed E-state index contributed by atoms with van der Waals surface area (Å²) >= 11 is 9.27. The number of nitrogens with zero attached hydrogens (tertiary/aromatic N) is 7. The lowest BCUT2D eigenvalue weighted by Crippen LogP contribution is -2.36. The van der Waals surface area contributed by atoms with Gasteiger partial charge < -0.3 is 40.8 Å². The van der Waals surface area contributed by atoms with Gasteiger partial charge >= 0.3 is 13.5 Å². The molecule has 7 rings (SSSR count). The molecule has 3 aromatic rings. The second-order valence-corrected chi connectivity index (χ2v) is 15.7. The molecule has 2 bridgehead atoms. The first-order chi connectivity index (χ1) is 20.9. The van der Waals surface area contributed by atoms with Gasteiger partial charge in [0.2, 0.25) is 0 Å². The summed E-state index contributed by atoms with van der Waals surface area (Å²) in [5, 5.41) is 14.1. The van der Waals surface area contributed by atoms with Gasteiger partial charge in [-0.25, -0.2) is 28.9 Å². The smallest absolute Gasteiger partial charge is 0.386 e. The number of imidazole rings is 2. The van der Waals surface area contributed by atoms with Crippen molar-refractivity contribution in [2.45, 2.75) is 55.3 Å². The molecular formula is C20H25FN10O9P2S2. The van der Waals surface area contributed by atoms with Gasteiger partial charge in [-0.1, -0.05) is 12.2 Å². The molecular weight excluding hydrogens is 669 g/mol. The van der Waals surface area contributed by atoms with E-state index < -0.39 is 82.0 Å². The summed E-state index contributed by atoms with van der Waals surface area (Å²) in [6, 6.07) is 0. The fourth-order valence-electron chi connectivity index (χ4n) is 5.32. The van der Waals surface area contributed by atoms with Crippen molar-refractivity contribution in [1.29, 1.82) is 0 Å². The molecule has 4 aliphatic rings. The maximum atomic E-state index is 15.8. The summed E-state index contributed by atoms with van der Waals surface area (Å²) in [5.74, 6) is 0.441. The Morgan fingerprint density at radius 2 is 1.82 bits per heavy atom. The number of hydrogen-bond donors (Lipinski definition) is 6. The van der Waals surface area contributed by atoms with Crippen molar-refractivity contribution in [3.63, 3.8) is 0 Å². The average molecular weight is 695 g/mol. The molecule has 238 valence electrons. The number of aliphatic hydroxyl groups excluding tert-OH is 1. The van der Waals surface area contributed by atoms with Crippen LogP contribution in [0.1, 0.15) is 24.3 Å². The predicted octanol–water partition coefficient (Wildman–Crippen LogP) is 0.282. The van der Waals surface area contributed by atoms with Crippen LogP contribution in [0, 0.1) is 0 Å². The molecule has 7 heterocycles. The Hall–Kier alpha value is -2.17. The van der Waals surface area contributed by atoms with E-state index in [0.717, 1.165) is 0 Å². The van der Waals surface area contributed by atoms with E-state index in [1.807, 2.05) is 0 Å². The number of aliphatic hydroxyl groups is 1. The second kappa shape index (κ2) is 11.3. The highest BCUT2D eigenvalue weighted by molar-refractivity contribution is 8.44. The lowest BCUT2D eigenvalue weighted by Gasteiger charge is -2.28. The minimum Gasteiger partial charge on any atom is -0.386 e. The van der Waals surface area contributed by atoms with E-state index in [9.17, 15) is 14.6 Å². The molecule has 0 aromatic carbocycles. The van der Waals surface area contributed by atoms with E-state index in [-0.39, 0.29) is 17.0 Å². The molecule has 0 radical (unpaired) electrons. The molecule has 3 saturated heterocycles. The monoisotopic (exact) mass is 694 g/mol. The fraction of sp³-hybridized carbons (Fsp3) is 0.550. The number of nitrogens with two attached hydrogens (primary N) is 2. The van der Waals surface area contributed by atoms with Crippen LogP contribution in [-0.4, -0.2) is 95.3 Å². The van der Waals surface area contributed by atoms with Gasteiger partial charge in [-0.05, 0) is 11.8 Å². The number of ether oxygens (including phenoxy) is 2. The number of nitrogen functional groups attached to an aromatic ring is 1. The molecule has 3 unspecified atom stereocenters. The van der Waals surface area contributed by atoms with Crippen LogP contribution in [0.3, 0.4) is 0 Å². The summed E-state index contributed by atoms with van der Waals surface area (Å²) < 4.78 is 66.2. The van der Waals surface area contributed by atoms with E-state index in [0.29, 0.717) is 11.5 Å².